The monoisotopic (exact) mass is 437 g/mol. The van der Waals surface area contributed by atoms with Crippen LogP contribution in [0.3, 0.4) is 0 Å². The summed E-state index contributed by atoms with van der Waals surface area (Å²) >= 11 is 0. The molecule has 1 saturated heterocycles. The highest BCUT2D eigenvalue weighted by Gasteiger charge is 2.29. The number of fused-ring (bicyclic) bond motifs is 2. The molecule has 3 aromatic rings. The molecule has 10 heteroatoms. The molecule has 3 aromatic heterocycles. The first kappa shape index (κ1) is 21.5. The number of piperidine rings is 1. The van der Waals surface area contributed by atoms with E-state index in [0.29, 0.717) is 11.6 Å². The Balaban J connectivity index is 0.00000120. The van der Waals surface area contributed by atoms with Crippen LogP contribution in [0, 0.1) is 6.92 Å². The van der Waals surface area contributed by atoms with Crippen molar-refractivity contribution in [2.75, 3.05) is 19.6 Å². The van der Waals surface area contributed by atoms with Crippen LogP contribution < -0.4 is 5.32 Å². The highest BCUT2D eigenvalue weighted by atomic mass is 35.5. The molecule has 2 aliphatic heterocycles. The minimum Gasteiger partial charge on any atom is -0.337 e. The smallest absolute Gasteiger partial charge is 0.274 e. The molecule has 5 rings (SSSR count). The lowest BCUT2D eigenvalue weighted by atomic mass is 9.95. The summed E-state index contributed by atoms with van der Waals surface area (Å²) in [7, 11) is 0. The summed E-state index contributed by atoms with van der Waals surface area (Å²) in [6.07, 6.45) is 5.61. The number of likely N-dealkylation sites (tertiary alicyclic amines) is 1. The van der Waals surface area contributed by atoms with Crippen LogP contribution in [0.1, 0.15) is 46.5 Å². The normalized spacial score (nSPS) is 16.8. The van der Waals surface area contributed by atoms with E-state index in [1.807, 2.05) is 40.8 Å². The number of halogens is 2. The Bertz CT molecular complexity index is 1010. The van der Waals surface area contributed by atoms with Gasteiger partial charge in [0.1, 0.15) is 23.0 Å². The van der Waals surface area contributed by atoms with Crippen molar-refractivity contribution in [2.24, 2.45) is 0 Å². The number of carbonyl (C=O) groups is 1. The molecule has 0 radical (unpaired) electrons. The Morgan fingerprint density at radius 1 is 1.17 bits per heavy atom. The summed E-state index contributed by atoms with van der Waals surface area (Å²) in [5, 5.41) is 12.1. The Kier molecular flexibility index (Phi) is 6.45. The van der Waals surface area contributed by atoms with Gasteiger partial charge in [0.05, 0.1) is 6.54 Å². The summed E-state index contributed by atoms with van der Waals surface area (Å²) in [5.41, 5.74) is 2.47. The minimum atomic E-state index is 0. The summed E-state index contributed by atoms with van der Waals surface area (Å²) < 4.78 is 4.16. The average Bonchev–Trinajstić information content (AvgIpc) is 3.31. The van der Waals surface area contributed by atoms with Crippen molar-refractivity contribution in [2.45, 2.75) is 38.8 Å². The van der Waals surface area contributed by atoms with Crippen molar-refractivity contribution < 1.29 is 4.79 Å². The number of aromatic nitrogens is 5. The third-order valence-electron chi connectivity index (χ3n) is 5.63. The fraction of sp³-hybridized carbons (Fsp3) is 0.474. The SMILES string of the molecule is Cc1ccn2cc(C(=O)N3CCC(c4nnc5n4CCNC5)CC3)nc2c1.Cl.Cl. The number of carbonyl (C=O) groups excluding carboxylic acids is 1. The maximum Gasteiger partial charge on any atom is 0.274 e. The van der Waals surface area contributed by atoms with Crippen LogP contribution in [0.15, 0.2) is 24.5 Å². The molecule has 2 aliphatic rings. The van der Waals surface area contributed by atoms with Crippen molar-refractivity contribution in [3.63, 3.8) is 0 Å². The number of pyridine rings is 1. The lowest BCUT2D eigenvalue weighted by Crippen LogP contribution is -2.39. The van der Waals surface area contributed by atoms with Crippen molar-refractivity contribution in [3.05, 3.63) is 47.4 Å². The Morgan fingerprint density at radius 3 is 2.76 bits per heavy atom. The van der Waals surface area contributed by atoms with Crippen LogP contribution in [0.2, 0.25) is 0 Å². The van der Waals surface area contributed by atoms with Crippen LogP contribution in [-0.2, 0) is 13.1 Å². The van der Waals surface area contributed by atoms with Crippen LogP contribution in [0.25, 0.3) is 5.65 Å². The lowest BCUT2D eigenvalue weighted by molar-refractivity contribution is 0.0705. The van der Waals surface area contributed by atoms with E-state index in [1.165, 1.54) is 0 Å². The third kappa shape index (κ3) is 3.97. The molecule has 1 amide bonds. The molecule has 0 saturated carbocycles. The molecule has 0 spiro atoms. The first-order chi connectivity index (χ1) is 13.2. The molecule has 1 N–H and O–H groups in total. The van der Waals surface area contributed by atoms with E-state index in [1.54, 1.807) is 0 Å². The fourth-order valence-corrected chi connectivity index (χ4v) is 4.11. The number of aryl methyl sites for hydroxylation is 1. The van der Waals surface area contributed by atoms with Gasteiger partial charge < -0.3 is 19.2 Å². The van der Waals surface area contributed by atoms with Crippen LogP contribution in [0.4, 0.5) is 0 Å². The maximum atomic E-state index is 12.9. The van der Waals surface area contributed by atoms with Crippen LogP contribution in [-0.4, -0.2) is 54.6 Å². The van der Waals surface area contributed by atoms with E-state index < -0.39 is 0 Å². The van der Waals surface area contributed by atoms with Crippen molar-refractivity contribution in [1.29, 1.82) is 0 Å². The molecule has 0 bridgehead atoms. The molecule has 5 heterocycles. The maximum absolute atomic E-state index is 12.9. The number of rotatable bonds is 2. The number of nitrogens with zero attached hydrogens (tertiary/aromatic N) is 6. The highest BCUT2D eigenvalue weighted by Crippen LogP contribution is 2.28. The van der Waals surface area contributed by atoms with Gasteiger partial charge in [0.25, 0.3) is 5.91 Å². The summed E-state index contributed by atoms with van der Waals surface area (Å²) in [5.74, 6) is 2.50. The van der Waals surface area contributed by atoms with Gasteiger partial charge in [0.2, 0.25) is 0 Å². The standard InChI is InChI=1S/C19H23N7O.2ClH/c1-13-2-6-25-12-15(21-16(25)10-13)19(27)24-7-3-14(4-8-24)18-23-22-17-11-20-5-9-26(17)18;;/h2,6,10,12,14,20H,3-5,7-9,11H2,1H3;2*1H. The Hall–Kier alpha value is -2.16. The molecule has 1 fully saturated rings. The van der Waals surface area contributed by atoms with Gasteiger partial charge in [-0.1, -0.05) is 0 Å². The van der Waals surface area contributed by atoms with Gasteiger partial charge in [0.15, 0.2) is 0 Å². The van der Waals surface area contributed by atoms with Gasteiger partial charge in [-0.3, -0.25) is 4.79 Å². The van der Waals surface area contributed by atoms with Crippen molar-refractivity contribution in [3.8, 4) is 0 Å². The van der Waals surface area contributed by atoms with E-state index in [-0.39, 0.29) is 30.7 Å². The van der Waals surface area contributed by atoms with E-state index in [9.17, 15) is 4.79 Å². The number of imidazole rings is 1. The van der Waals surface area contributed by atoms with Crippen molar-refractivity contribution in [1.82, 2.24) is 34.4 Å². The predicted octanol–water partition coefficient (Wildman–Crippen LogP) is 2.20. The second kappa shape index (κ2) is 8.69. The topological polar surface area (TPSA) is 80.3 Å². The quantitative estimate of drug-likeness (QED) is 0.664. The fourth-order valence-electron chi connectivity index (χ4n) is 4.11. The second-order valence-electron chi connectivity index (χ2n) is 7.47. The summed E-state index contributed by atoms with van der Waals surface area (Å²) in [4.78, 5) is 19.3. The largest absolute Gasteiger partial charge is 0.337 e. The predicted molar refractivity (Wildman–Crippen MR) is 114 cm³/mol. The first-order valence-electron chi connectivity index (χ1n) is 9.56. The van der Waals surface area contributed by atoms with E-state index in [4.69, 9.17) is 0 Å². The van der Waals surface area contributed by atoms with Gasteiger partial charge in [-0.15, -0.1) is 35.0 Å². The Labute approximate surface area is 181 Å². The van der Waals surface area contributed by atoms with E-state index in [2.05, 4.69) is 25.1 Å². The zero-order valence-electron chi connectivity index (χ0n) is 16.2. The molecule has 0 unspecified atom stereocenters. The second-order valence-corrected chi connectivity index (χ2v) is 7.47. The third-order valence-corrected chi connectivity index (χ3v) is 5.63. The number of amides is 1. The molecule has 0 aliphatic carbocycles. The van der Waals surface area contributed by atoms with E-state index >= 15 is 0 Å². The zero-order chi connectivity index (χ0) is 18.4. The number of nitrogens with one attached hydrogen (secondary N) is 1. The van der Waals surface area contributed by atoms with Gasteiger partial charge in [-0.05, 0) is 37.5 Å². The molecular weight excluding hydrogens is 413 g/mol. The van der Waals surface area contributed by atoms with Gasteiger partial charge in [0, 0.05) is 44.5 Å². The van der Waals surface area contributed by atoms with Crippen LogP contribution in [0.5, 0.6) is 0 Å². The van der Waals surface area contributed by atoms with Gasteiger partial charge in [-0.25, -0.2) is 4.98 Å². The van der Waals surface area contributed by atoms with Gasteiger partial charge >= 0.3 is 0 Å². The Morgan fingerprint density at radius 2 is 1.97 bits per heavy atom. The minimum absolute atomic E-state index is 0. The summed E-state index contributed by atoms with van der Waals surface area (Å²) in [6.45, 7) is 6.17. The first-order valence-corrected chi connectivity index (χ1v) is 9.56. The lowest BCUT2D eigenvalue weighted by Gasteiger charge is -2.31. The molecule has 8 nitrogen and oxygen atoms in total. The van der Waals surface area contributed by atoms with Gasteiger partial charge in [-0.2, -0.15) is 0 Å². The average molecular weight is 438 g/mol. The molecule has 0 aromatic carbocycles. The number of hydrogen-bond donors (Lipinski definition) is 1. The summed E-state index contributed by atoms with van der Waals surface area (Å²) in [6, 6.07) is 4.01. The van der Waals surface area contributed by atoms with Crippen LogP contribution >= 0.6 is 24.8 Å². The van der Waals surface area contributed by atoms with E-state index in [0.717, 1.165) is 68.4 Å². The molecule has 29 heavy (non-hydrogen) atoms. The van der Waals surface area contributed by atoms with Crippen molar-refractivity contribution >= 4 is 36.4 Å². The molecule has 156 valence electrons. The zero-order valence-corrected chi connectivity index (χ0v) is 17.9. The molecular formula is C19H25Cl2N7O. The molecule has 0 atom stereocenters. The highest BCUT2D eigenvalue weighted by molar-refractivity contribution is 5.93. The number of hydrogen-bond acceptors (Lipinski definition) is 5.